The number of guanidine groups is 1. The topological polar surface area (TPSA) is 82.6 Å². The van der Waals surface area contributed by atoms with Crippen molar-refractivity contribution in [1.82, 2.24) is 15.4 Å². The van der Waals surface area contributed by atoms with Crippen molar-refractivity contribution in [3.63, 3.8) is 0 Å². The van der Waals surface area contributed by atoms with Gasteiger partial charge >= 0.3 is 0 Å². The van der Waals surface area contributed by atoms with Crippen LogP contribution in [0, 0.1) is 5.92 Å². The highest BCUT2D eigenvalue weighted by Crippen LogP contribution is 2.36. The van der Waals surface area contributed by atoms with E-state index in [0.29, 0.717) is 25.0 Å². The molecule has 0 amide bonds. The van der Waals surface area contributed by atoms with Gasteiger partial charge in [0.25, 0.3) is 0 Å². The highest BCUT2D eigenvalue weighted by molar-refractivity contribution is 8.00. The predicted octanol–water partition coefficient (Wildman–Crippen LogP) is 1.16. The Morgan fingerprint density at radius 2 is 2.09 bits per heavy atom. The van der Waals surface area contributed by atoms with Gasteiger partial charge in [-0.2, -0.15) is 11.8 Å². The van der Waals surface area contributed by atoms with Crippen LogP contribution in [-0.2, 0) is 10.0 Å². The number of sulfonamides is 1. The third kappa shape index (κ3) is 6.51. The summed E-state index contributed by atoms with van der Waals surface area (Å²) >= 11 is 1.99. The van der Waals surface area contributed by atoms with Gasteiger partial charge < -0.3 is 10.6 Å². The first kappa shape index (κ1) is 18.9. The van der Waals surface area contributed by atoms with Crippen molar-refractivity contribution in [2.75, 3.05) is 38.2 Å². The Morgan fingerprint density at radius 1 is 1.30 bits per heavy atom. The van der Waals surface area contributed by atoms with Crippen molar-refractivity contribution >= 4 is 27.7 Å². The molecule has 0 aromatic rings. The molecule has 3 N–H and O–H groups in total. The Balaban J connectivity index is 1.64. The van der Waals surface area contributed by atoms with E-state index in [4.69, 9.17) is 0 Å². The van der Waals surface area contributed by atoms with Crippen LogP contribution in [0.1, 0.15) is 39.0 Å². The van der Waals surface area contributed by atoms with E-state index in [9.17, 15) is 8.42 Å². The summed E-state index contributed by atoms with van der Waals surface area (Å²) in [6, 6.07) is 0. The van der Waals surface area contributed by atoms with Crippen molar-refractivity contribution in [1.29, 1.82) is 0 Å². The van der Waals surface area contributed by atoms with Crippen molar-refractivity contribution in [2.24, 2.45) is 10.9 Å². The lowest BCUT2D eigenvalue weighted by Gasteiger charge is -2.25. The molecule has 1 aliphatic carbocycles. The molecule has 1 heterocycles. The van der Waals surface area contributed by atoms with Gasteiger partial charge in [-0.3, -0.25) is 4.99 Å². The first-order chi connectivity index (χ1) is 10.9. The molecular formula is C15H30N4O2S2. The molecule has 134 valence electrons. The van der Waals surface area contributed by atoms with E-state index in [-0.39, 0.29) is 10.5 Å². The summed E-state index contributed by atoms with van der Waals surface area (Å²) in [5, 5.41) is 6.40. The molecule has 8 heteroatoms. The average molecular weight is 363 g/mol. The minimum absolute atomic E-state index is 0.0758. The van der Waals surface area contributed by atoms with Gasteiger partial charge in [-0.1, -0.05) is 6.42 Å². The Labute approximate surface area is 144 Å². The van der Waals surface area contributed by atoms with E-state index in [0.717, 1.165) is 19.4 Å². The first-order valence-electron chi connectivity index (χ1n) is 8.48. The maximum absolute atomic E-state index is 11.9. The number of nitrogens with zero attached hydrogens (tertiary/aromatic N) is 1. The fourth-order valence-corrected chi connectivity index (χ4v) is 5.03. The molecule has 1 unspecified atom stereocenters. The summed E-state index contributed by atoms with van der Waals surface area (Å²) in [6.45, 7) is 4.07. The fraction of sp³-hybridized carbons (Fsp3) is 0.933. The highest BCUT2D eigenvalue weighted by Gasteiger charge is 2.29. The average Bonchev–Trinajstić information content (AvgIpc) is 2.88. The zero-order chi connectivity index (χ0) is 16.8. The van der Waals surface area contributed by atoms with Crippen LogP contribution in [0.3, 0.4) is 0 Å². The van der Waals surface area contributed by atoms with Gasteiger partial charge in [0.2, 0.25) is 10.0 Å². The summed E-state index contributed by atoms with van der Waals surface area (Å²) < 4.78 is 26.9. The summed E-state index contributed by atoms with van der Waals surface area (Å²) in [5.41, 5.74) is 0. The van der Waals surface area contributed by atoms with Crippen molar-refractivity contribution in [3.8, 4) is 0 Å². The van der Waals surface area contributed by atoms with E-state index < -0.39 is 10.0 Å². The monoisotopic (exact) mass is 362 g/mol. The lowest BCUT2D eigenvalue weighted by molar-refractivity contribution is 0.316. The van der Waals surface area contributed by atoms with Gasteiger partial charge in [0.05, 0.1) is 5.75 Å². The predicted molar refractivity (Wildman–Crippen MR) is 98.6 cm³/mol. The summed E-state index contributed by atoms with van der Waals surface area (Å²) in [4.78, 5) is 4.17. The Bertz CT molecular complexity index is 498. The fourth-order valence-electron chi connectivity index (χ4n) is 2.79. The molecule has 23 heavy (non-hydrogen) atoms. The minimum atomic E-state index is -3.20. The largest absolute Gasteiger partial charge is 0.355 e. The quantitative estimate of drug-likeness (QED) is 0.446. The molecule has 1 aliphatic heterocycles. The molecule has 0 bridgehead atoms. The van der Waals surface area contributed by atoms with Crippen LogP contribution in [0.2, 0.25) is 0 Å². The summed E-state index contributed by atoms with van der Waals surface area (Å²) in [7, 11) is -1.49. The van der Waals surface area contributed by atoms with Gasteiger partial charge in [-0.25, -0.2) is 13.1 Å². The van der Waals surface area contributed by atoms with Gasteiger partial charge in [0.1, 0.15) is 0 Å². The van der Waals surface area contributed by atoms with Crippen LogP contribution in [-0.4, -0.2) is 57.3 Å². The van der Waals surface area contributed by atoms with E-state index in [1.807, 2.05) is 11.8 Å². The van der Waals surface area contributed by atoms with Gasteiger partial charge in [-0.05, 0) is 44.3 Å². The molecule has 1 atom stereocenters. The van der Waals surface area contributed by atoms with E-state index in [2.05, 4.69) is 27.3 Å². The van der Waals surface area contributed by atoms with Crippen LogP contribution in [0.4, 0.5) is 0 Å². The second-order valence-electron chi connectivity index (χ2n) is 6.72. The van der Waals surface area contributed by atoms with Gasteiger partial charge in [-0.15, -0.1) is 0 Å². The molecule has 2 aliphatic rings. The van der Waals surface area contributed by atoms with E-state index in [1.54, 1.807) is 7.05 Å². The normalized spacial score (nSPS) is 26.1. The van der Waals surface area contributed by atoms with Crippen molar-refractivity contribution < 1.29 is 8.42 Å². The third-order valence-electron chi connectivity index (χ3n) is 4.63. The molecule has 1 saturated carbocycles. The van der Waals surface area contributed by atoms with Crippen molar-refractivity contribution in [2.45, 2.75) is 43.8 Å². The summed E-state index contributed by atoms with van der Waals surface area (Å²) in [6.07, 6.45) is 6.00. The number of aliphatic imine (C=N–C) groups is 1. The van der Waals surface area contributed by atoms with Gasteiger partial charge in [0.15, 0.2) is 5.96 Å². The zero-order valence-electron chi connectivity index (χ0n) is 14.2. The molecule has 0 radical (unpaired) electrons. The lowest BCUT2D eigenvalue weighted by atomic mass is 9.86. The molecule has 0 aromatic heterocycles. The maximum Gasteiger partial charge on any atom is 0.213 e. The lowest BCUT2D eigenvalue weighted by Crippen LogP contribution is -2.45. The standard InChI is InChI=1S/C15H30N4O2S2/c1-15(7-4-9-22-15)12-18-14(16-2)17-8-10-23(20,21)19-11-13-5-3-6-13/h13,19H,3-12H2,1-2H3,(H2,16,17,18). The number of thioether (sulfide) groups is 1. The molecule has 0 spiro atoms. The Kier molecular flexibility index (Phi) is 7.03. The van der Waals surface area contributed by atoms with Crippen LogP contribution >= 0.6 is 11.8 Å². The van der Waals surface area contributed by atoms with Crippen LogP contribution in [0.5, 0.6) is 0 Å². The molecule has 2 fully saturated rings. The molecule has 6 nitrogen and oxygen atoms in total. The minimum Gasteiger partial charge on any atom is -0.355 e. The van der Waals surface area contributed by atoms with Crippen molar-refractivity contribution in [3.05, 3.63) is 0 Å². The third-order valence-corrected chi connectivity index (χ3v) is 7.52. The number of rotatable bonds is 8. The molecular weight excluding hydrogens is 332 g/mol. The summed E-state index contributed by atoms with van der Waals surface area (Å²) in [5.74, 6) is 2.51. The molecule has 2 rings (SSSR count). The first-order valence-corrected chi connectivity index (χ1v) is 11.1. The Morgan fingerprint density at radius 3 is 2.65 bits per heavy atom. The van der Waals surface area contributed by atoms with Crippen LogP contribution in [0.15, 0.2) is 4.99 Å². The van der Waals surface area contributed by atoms with Gasteiger partial charge in [0, 0.05) is 31.4 Å². The number of hydrogen-bond acceptors (Lipinski definition) is 4. The molecule has 1 saturated heterocycles. The number of nitrogens with one attached hydrogen (secondary N) is 3. The SMILES string of the molecule is CN=C(NCCS(=O)(=O)NCC1CCC1)NCC1(C)CCCS1. The maximum atomic E-state index is 11.9. The zero-order valence-corrected chi connectivity index (χ0v) is 15.9. The molecule has 0 aromatic carbocycles. The van der Waals surface area contributed by atoms with Crippen LogP contribution in [0.25, 0.3) is 0 Å². The van der Waals surface area contributed by atoms with Crippen LogP contribution < -0.4 is 15.4 Å². The Hall–Kier alpha value is -0.470. The van der Waals surface area contributed by atoms with E-state index >= 15 is 0 Å². The highest BCUT2D eigenvalue weighted by atomic mass is 32.2. The number of hydrogen-bond donors (Lipinski definition) is 3. The second-order valence-corrected chi connectivity index (χ2v) is 10.3. The van der Waals surface area contributed by atoms with E-state index in [1.165, 1.54) is 25.0 Å². The smallest absolute Gasteiger partial charge is 0.213 e. The second kappa shape index (κ2) is 8.58.